The first-order valence-electron chi connectivity index (χ1n) is 6.59. The summed E-state index contributed by atoms with van der Waals surface area (Å²) in [6, 6.07) is 9.89. The quantitative estimate of drug-likeness (QED) is 0.790. The van der Waals surface area contributed by atoms with Crippen molar-refractivity contribution in [3.8, 4) is 11.5 Å². The summed E-state index contributed by atoms with van der Waals surface area (Å²) in [5, 5.41) is 5.02. The number of pyridine rings is 1. The van der Waals surface area contributed by atoms with Crippen molar-refractivity contribution in [1.29, 1.82) is 0 Å². The molecule has 2 heterocycles. The van der Waals surface area contributed by atoms with Crippen molar-refractivity contribution in [3.63, 3.8) is 0 Å². The fourth-order valence-electron chi connectivity index (χ4n) is 2.13. The minimum atomic E-state index is 0.0849. The van der Waals surface area contributed by atoms with Crippen LogP contribution in [0.15, 0.2) is 34.9 Å². The van der Waals surface area contributed by atoms with Gasteiger partial charge in [-0.15, -0.1) is 0 Å². The number of nitrogens with two attached hydrogens (primary N) is 1. The number of aromatic nitrogens is 3. The number of rotatable bonds is 3. The Morgan fingerprint density at radius 2 is 2.05 bits per heavy atom. The van der Waals surface area contributed by atoms with Crippen molar-refractivity contribution in [2.75, 3.05) is 6.54 Å². The normalized spacial score (nSPS) is 12.8. The molecule has 3 aromatic rings. The lowest BCUT2D eigenvalue weighted by molar-refractivity contribution is 0.418. The zero-order valence-corrected chi connectivity index (χ0v) is 11.5. The Bertz CT molecular complexity index is 750. The molecule has 1 unspecified atom stereocenters. The highest BCUT2D eigenvalue weighted by Gasteiger charge is 2.16. The van der Waals surface area contributed by atoms with Crippen molar-refractivity contribution in [2.24, 2.45) is 5.73 Å². The molecule has 1 atom stereocenters. The summed E-state index contributed by atoms with van der Waals surface area (Å²) < 4.78 is 5.39. The highest BCUT2D eigenvalue weighted by atomic mass is 16.5. The number of hydrogen-bond acceptors (Lipinski definition) is 5. The van der Waals surface area contributed by atoms with E-state index >= 15 is 0 Å². The largest absolute Gasteiger partial charge is 0.334 e. The molecular weight excluding hydrogens is 252 g/mol. The van der Waals surface area contributed by atoms with E-state index < -0.39 is 0 Å². The van der Waals surface area contributed by atoms with Gasteiger partial charge in [0.25, 0.3) is 5.89 Å². The lowest BCUT2D eigenvalue weighted by Crippen LogP contribution is -2.10. The number of benzene rings is 1. The molecule has 3 rings (SSSR count). The topological polar surface area (TPSA) is 77.8 Å². The molecule has 0 aliphatic carbocycles. The maximum absolute atomic E-state index is 5.63. The molecule has 5 heteroatoms. The van der Waals surface area contributed by atoms with Crippen LogP contribution in [0.1, 0.15) is 24.4 Å². The van der Waals surface area contributed by atoms with E-state index in [0.29, 0.717) is 18.3 Å². The van der Waals surface area contributed by atoms with Crippen LogP contribution in [0.4, 0.5) is 0 Å². The van der Waals surface area contributed by atoms with Gasteiger partial charge in [-0.3, -0.25) is 4.98 Å². The van der Waals surface area contributed by atoms with Crippen LogP contribution >= 0.6 is 0 Å². The fraction of sp³-hybridized carbons (Fsp3) is 0.267. The molecule has 102 valence electrons. The van der Waals surface area contributed by atoms with Gasteiger partial charge in [0.15, 0.2) is 5.82 Å². The summed E-state index contributed by atoms with van der Waals surface area (Å²) in [5.41, 5.74) is 8.39. The molecule has 0 amide bonds. The van der Waals surface area contributed by atoms with Crippen LogP contribution in [-0.2, 0) is 0 Å². The standard InChI is InChI=1S/C15H16N4O/c1-9(8-16)14-18-15(20-19-14)12-7-10(2)17-13-6-4-3-5-11(12)13/h3-7,9H,8,16H2,1-2H3. The molecule has 0 spiro atoms. The van der Waals surface area contributed by atoms with E-state index in [4.69, 9.17) is 10.3 Å². The van der Waals surface area contributed by atoms with Gasteiger partial charge in [-0.25, -0.2) is 0 Å². The number of aryl methyl sites for hydroxylation is 1. The molecule has 0 aliphatic heterocycles. The molecule has 0 fully saturated rings. The Hall–Kier alpha value is -2.27. The highest BCUT2D eigenvalue weighted by molar-refractivity contribution is 5.92. The van der Waals surface area contributed by atoms with Crippen LogP contribution < -0.4 is 5.73 Å². The van der Waals surface area contributed by atoms with Gasteiger partial charge in [0.2, 0.25) is 0 Å². The van der Waals surface area contributed by atoms with Gasteiger partial charge in [-0.05, 0) is 19.1 Å². The second-order valence-electron chi connectivity index (χ2n) is 4.92. The van der Waals surface area contributed by atoms with Gasteiger partial charge in [-0.2, -0.15) is 4.98 Å². The van der Waals surface area contributed by atoms with Gasteiger partial charge in [0.05, 0.1) is 11.1 Å². The van der Waals surface area contributed by atoms with Gasteiger partial charge < -0.3 is 10.3 Å². The van der Waals surface area contributed by atoms with Crippen LogP contribution in [0, 0.1) is 6.92 Å². The predicted octanol–water partition coefficient (Wildman–Crippen LogP) is 2.66. The average molecular weight is 268 g/mol. The Morgan fingerprint density at radius 1 is 1.25 bits per heavy atom. The molecule has 1 aromatic carbocycles. The number of fused-ring (bicyclic) bond motifs is 1. The molecule has 0 saturated carbocycles. The maximum Gasteiger partial charge on any atom is 0.258 e. The predicted molar refractivity (Wildman–Crippen MR) is 77.2 cm³/mol. The Labute approximate surface area is 116 Å². The van der Waals surface area contributed by atoms with Crippen molar-refractivity contribution >= 4 is 10.9 Å². The van der Waals surface area contributed by atoms with E-state index in [9.17, 15) is 0 Å². The average Bonchev–Trinajstić information content (AvgIpc) is 2.95. The van der Waals surface area contributed by atoms with E-state index in [1.165, 1.54) is 0 Å². The van der Waals surface area contributed by atoms with Gasteiger partial charge >= 0.3 is 0 Å². The van der Waals surface area contributed by atoms with Crippen molar-refractivity contribution in [3.05, 3.63) is 41.9 Å². The van der Waals surface area contributed by atoms with E-state index in [2.05, 4.69) is 15.1 Å². The smallest absolute Gasteiger partial charge is 0.258 e. The molecule has 0 radical (unpaired) electrons. The first kappa shape index (κ1) is 12.7. The van der Waals surface area contributed by atoms with Crippen LogP contribution in [0.3, 0.4) is 0 Å². The molecule has 20 heavy (non-hydrogen) atoms. The summed E-state index contributed by atoms with van der Waals surface area (Å²) in [4.78, 5) is 8.97. The summed E-state index contributed by atoms with van der Waals surface area (Å²) >= 11 is 0. The number of hydrogen-bond donors (Lipinski definition) is 1. The molecule has 5 nitrogen and oxygen atoms in total. The minimum Gasteiger partial charge on any atom is -0.334 e. The second-order valence-corrected chi connectivity index (χ2v) is 4.92. The SMILES string of the molecule is Cc1cc(-c2nc(C(C)CN)no2)c2ccccc2n1. The van der Waals surface area contributed by atoms with Crippen molar-refractivity contribution < 1.29 is 4.52 Å². The van der Waals surface area contributed by atoms with Crippen molar-refractivity contribution in [2.45, 2.75) is 19.8 Å². The first-order valence-corrected chi connectivity index (χ1v) is 6.59. The van der Waals surface area contributed by atoms with Gasteiger partial charge in [0, 0.05) is 23.5 Å². The van der Waals surface area contributed by atoms with E-state index in [1.54, 1.807) is 0 Å². The van der Waals surface area contributed by atoms with E-state index in [-0.39, 0.29) is 5.92 Å². The maximum atomic E-state index is 5.63. The van der Waals surface area contributed by atoms with Crippen LogP contribution in [-0.4, -0.2) is 21.7 Å². The van der Waals surface area contributed by atoms with Gasteiger partial charge in [0.1, 0.15) is 0 Å². The molecule has 2 N–H and O–H groups in total. The second kappa shape index (κ2) is 5.02. The fourth-order valence-corrected chi connectivity index (χ4v) is 2.13. The summed E-state index contributed by atoms with van der Waals surface area (Å²) in [6.07, 6.45) is 0. The third-order valence-electron chi connectivity index (χ3n) is 3.31. The first-order chi connectivity index (χ1) is 9.69. The Balaban J connectivity index is 2.16. The van der Waals surface area contributed by atoms with Crippen LogP contribution in [0.5, 0.6) is 0 Å². The highest BCUT2D eigenvalue weighted by Crippen LogP contribution is 2.28. The van der Waals surface area contributed by atoms with E-state index in [0.717, 1.165) is 22.2 Å². The molecule has 0 saturated heterocycles. The van der Waals surface area contributed by atoms with E-state index in [1.807, 2.05) is 44.2 Å². The molecule has 2 aromatic heterocycles. The summed E-state index contributed by atoms with van der Waals surface area (Å²) in [7, 11) is 0. The Morgan fingerprint density at radius 3 is 2.85 bits per heavy atom. The van der Waals surface area contributed by atoms with Crippen molar-refractivity contribution in [1.82, 2.24) is 15.1 Å². The Kier molecular flexibility index (Phi) is 3.20. The summed E-state index contributed by atoms with van der Waals surface area (Å²) in [6.45, 7) is 4.43. The third-order valence-corrected chi connectivity index (χ3v) is 3.31. The lowest BCUT2D eigenvalue weighted by atomic mass is 10.1. The number of para-hydroxylation sites is 1. The monoisotopic (exact) mass is 268 g/mol. The zero-order chi connectivity index (χ0) is 14.1. The molecule has 0 bridgehead atoms. The van der Waals surface area contributed by atoms with Gasteiger partial charge in [-0.1, -0.05) is 30.3 Å². The van der Waals surface area contributed by atoms with Crippen LogP contribution in [0.2, 0.25) is 0 Å². The summed E-state index contributed by atoms with van der Waals surface area (Å²) in [5.74, 6) is 1.24. The zero-order valence-electron chi connectivity index (χ0n) is 11.5. The molecule has 0 aliphatic rings. The minimum absolute atomic E-state index is 0.0849. The third kappa shape index (κ3) is 2.16. The van der Waals surface area contributed by atoms with Crippen LogP contribution in [0.25, 0.3) is 22.4 Å². The molecular formula is C15H16N4O. The number of nitrogens with zero attached hydrogens (tertiary/aromatic N) is 3. The lowest BCUT2D eigenvalue weighted by Gasteiger charge is -2.03.